The predicted octanol–water partition coefficient (Wildman–Crippen LogP) is 14.8. The molecule has 0 saturated carbocycles. The van der Waals surface area contributed by atoms with E-state index in [1.165, 1.54) is 36.3 Å². The number of thiophene rings is 1. The van der Waals surface area contributed by atoms with Crippen LogP contribution < -0.4 is 0 Å². The van der Waals surface area contributed by atoms with E-state index < -0.39 is 0 Å². The summed E-state index contributed by atoms with van der Waals surface area (Å²) in [7, 11) is 0. The maximum Gasteiger partial charge on any atom is 0.164 e. The van der Waals surface area contributed by atoms with Gasteiger partial charge in [0.1, 0.15) is 11.2 Å². The molecule has 3 heterocycles. The number of para-hydroxylation sites is 1. The lowest BCUT2D eigenvalue weighted by atomic mass is 9.94. The largest absolute Gasteiger partial charge is 0.455 e. The van der Waals surface area contributed by atoms with Gasteiger partial charge in [0.2, 0.25) is 0 Å². The van der Waals surface area contributed by atoms with E-state index in [-0.39, 0.29) is 0 Å². The normalized spacial score (nSPS) is 11.8. The Morgan fingerprint density at radius 2 is 0.966 bits per heavy atom. The third-order valence-corrected chi connectivity index (χ3v) is 12.4. The number of furan rings is 1. The summed E-state index contributed by atoms with van der Waals surface area (Å²) >= 11 is 1.84. The minimum Gasteiger partial charge on any atom is -0.455 e. The highest BCUT2D eigenvalue weighted by atomic mass is 32.1. The van der Waals surface area contributed by atoms with Crippen LogP contribution in [0.25, 0.3) is 120 Å². The van der Waals surface area contributed by atoms with Gasteiger partial charge in [-0.25, -0.2) is 15.0 Å². The van der Waals surface area contributed by atoms with Crippen LogP contribution in [-0.2, 0) is 0 Å². The van der Waals surface area contributed by atoms with Crippen LogP contribution in [0.3, 0.4) is 0 Å². The van der Waals surface area contributed by atoms with E-state index in [2.05, 4.69) is 170 Å². The SMILES string of the molecule is c1ccc(-c2ccc(-c3nc(-c4ccc5ccccc5c4)nc(-c4ccc(-c5cccc6sc7cc8ccccc8cc7c56)c5oc6ccccc6c45)n3)cc2)cc1. The van der Waals surface area contributed by atoms with E-state index in [0.29, 0.717) is 17.5 Å². The molecule has 0 radical (unpaired) electrons. The van der Waals surface area contributed by atoms with Gasteiger partial charge < -0.3 is 4.42 Å². The van der Waals surface area contributed by atoms with Gasteiger partial charge in [0.25, 0.3) is 0 Å². The second-order valence-corrected chi connectivity index (χ2v) is 15.8. The topological polar surface area (TPSA) is 51.8 Å². The molecule has 270 valence electrons. The van der Waals surface area contributed by atoms with Crippen molar-refractivity contribution in [3.63, 3.8) is 0 Å². The number of rotatable bonds is 5. The van der Waals surface area contributed by atoms with Gasteiger partial charge in [-0.15, -0.1) is 11.3 Å². The first-order valence-electron chi connectivity index (χ1n) is 19.4. The van der Waals surface area contributed by atoms with Crippen molar-refractivity contribution in [2.45, 2.75) is 0 Å². The molecule has 0 atom stereocenters. The van der Waals surface area contributed by atoms with Crippen LogP contribution in [0.15, 0.2) is 192 Å². The Balaban J connectivity index is 1.09. The average Bonchev–Trinajstić information content (AvgIpc) is 3.86. The van der Waals surface area contributed by atoms with Crippen molar-refractivity contribution in [2.24, 2.45) is 0 Å². The molecule has 0 N–H and O–H groups in total. The molecule has 0 bridgehead atoms. The zero-order valence-corrected chi connectivity index (χ0v) is 31.9. The number of aromatic nitrogens is 3. The van der Waals surface area contributed by atoms with Crippen LogP contribution in [0.1, 0.15) is 0 Å². The molecule has 12 aromatic rings. The third-order valence-electron chi connectivity index (χ3n) is 11.3. The Kier molecular flexibility index (Phi) is 7.37. The van der Waals surface area contributed by atoms with Crippen molar-refractivity contribution in [3.8, 4) is 56.4 Å². The maximum atomic E-state index is 6.87. The molecule has 58 heavy (non-hydrogen) atoms. The molecular formula is C53H31N3OS. The Bertz CT molecular complexity index is 3570. The van der Waals surface area contributed by atoms with Crippen molar-refractivity contribution in [1.82, 2.24) is 15.0 Å². The Hall–Kier alpha value is -7.47. The van der Waals surface area contributed by atoms with Gasteiger partial charge in [-0.3, -0.25) is 0 Å². The van der Waals surface area contributed by atoms with Crippen molar-refractivity contribution < 1.29 is 4.42 Å². The monoisotopic (exact) mass is 757 g/mol. The zero-order valence-electron chi connectivity index (χ0n) is 31.1. The highest BCUT2D eigenvalue weighted by molar-refractivity contribution is 7.26. The fourth-order valence-corrected chi connectivity index (χ4v) is 9.65. The number of nitrogens with zero attached hydrogens (tertiary/aromatic N) is 3. The summed E-state index contributed by atoms with van der Waals surface area (Å²) < 4.78 is 9.39. The zero-order chi connectivity index (χ0) is 38.2. The summed E-state index contributed by atoms with van der Waals surface area (Å²) in [5, 5.41) is 9.27. The molecule has 0 spiro atoms. The van der Waals surface area contributed by atoms with E-state index in [9.17, 15) is 0 Å². The van der Waals surface area contributed by atoms with Crippen LogP contribution in [0.2, 0.25) is 0 Å². The van der Waals surface area contributed by atoms with E-state index in [0.717, 1.165) is 66.3 Å². The van der Waals surface area contributed by atoms with Gasteiger partial charge in [-0.05, 0) is 80.7 Å². The average molecular weight is 758 g/mol. The number of benzene rings is 9. The molecule has 0 aliphatic rings. The second kappa shape index (κ2) is 13.1. The van der Waals surface area contributed by atoms with Crippen LogP contribution in [0.5, 0.6) is 0 Å². The quantitative estimate of drug-likeness (QED) is 0.175. The highest BCUT2D eigenvalue weighted by Gasteiger charge is 2.22. The number of hydrogen-bond donors (Lipinski definition) is 0. The summed E-state index contributed by atoms with van der Waals surface area (Å²) in [6.07, 6.45) is 0. The summed E-state index contributed by atoms with van der Waals surface area (Å²) in [4.78, 5) is 15.7. The van der Waals surface area contributed by atoms with Crippen molar-refractivity contribution in [1.29, 1.82) is 0 Å². The van der Waals surface area contributed by atoms with E-state index in [1.54, 1.807) is 0 Å². The first-order valence-corrected chi connectivity index (χ1v) is 20.2. The molecular weight excluding hydrogens is 727 g/mol. The molecule has 0 unspecified atom stereocenters. The van der Waals surface area contributed by atoms with Crippen LogP contribution in [0.4, 0.5) is 0 Å². The lowest BCUT2D eigenvalue weighted by molar-refractivity contribution is 0.670. The molecule has 0 amide bonds. The molecule has 5 heteroatoms. The minimum absolute atomic E-state index is 0.592. The first-order chi connectivity index (χ1) is 28.7. The second-order valence-electron chi connectivity index (χ2n) is 14.8. The standard InChI is InChI=1S/C53H31N3OS/c1-2-11-32(12-3-1)34-21-24-35(25-22-34)51-54-52(39-26-23-33-13-4-5-14-36(33)29-39)56-53(55-51)43-28-27-41(50-49(43)42-17-8-9-19-45(42)57-50)40-18-10-20-46-48(40)44-30-37-15-6-7-16-38(37)31-47(44)58-46/h1-31H. The molecule has 0 saturated heterocycles. The molecule has 0 aliphatic heterocycles. The fourth-order valence-electron chi connectivity index (χ4n) is 8.49. The smallest absolute Gasteiger partial charge is 0.164 e. The van der Waals surface area contributed by atoms with Gasteiger partial charge in [0, 0.05) is 53.2 Å². The summed E-state index contributed by atoms with van der Waals surface area (Å²) in [5.41, 5.74) is 8.84. The van der Waals surface area contributed by atoms with Crippen molar-refractivity contribution >= 4 is 75.0 Å². The third kappa shape index (κ3) is 5.32. The highest BCUT2D eigenvalue weighted by Crippen LogP contribution is 2.46. The number of fused-ring (bicyclic) bond motifs is 8. The molecule has 4 nitrogen and oxygen atoms in total. The molecule has 12 rings (SSSR count). The van der Waals surface area contributed by atoms with E-state index in [4.69, 9.17) is 19.4 Å². The predicted molar refractivity (Wildman–Crippen MR) is 242 cm³/mol. The molecule has 3 aromatic heterocycles. The molecule has 0 aliphatic carbocycles. The summed E-state index contributed by atoms with van der Waals surface area (Å²) in [6, 6.07) is 66.2. The van der Waals surface area contributed by atoms with Gasteiger partial charge >= 0.3 is 0 Å². The molecule has 0 fully saturated rings. The van der Waals surface area contributed by atoms with Gasteiger partial charge in [-0.1, -0.05) is 146 Å². The Labute approximate surface area is 337 Å². The van der Waals surface area contributed by atoms with Crippen LogP contribution >= 0.6 is 11.3 Å². The summed E-state index contributed by atoms with van der Waals surface area (Å²) in [5.74, 6) is 1.82. The van der Waals surface area contributed by atoms with Crippen molar-refractivity contribution in [3.05, 3.63) is 188 Å². The van der Waals surface area contributed by atoms with Gasteiger partial charge in [0.15, 0.2) is 17.5 Å². The Morgan fingerprint density at radius 3 is 1.79 bits per heavy atom. The van der Waals surface area contributed by atoms with Gasteiger partial charge in [0.05, 0.1) is 0 Å². The minimum atomic E-state index is 0.592. The molecule has 9 aromatic carbocycles. The first kappa shape index (κ1) is 32.7. The maximum absolute atomic E-state index is 6.87. The van der Waals surface area contributed by atoms with Crippen LogP contribution in [-0.4, -0.2) is 15.0 Å². The van der Waals surface area contributed by atoms with E-state index >= 15 is 0 Å². The summed E-state index contributed by atoms with van der Waals surface area (Å²) in [6.45, 7) is 0. The lowest BCUT2D eigenvalue weighted by Gasteiger charge is -2.12. The fraction of sp³-hybridized carbons (Fsp3) is 0. The van der Waals surface area contributed by atoms with Crippen LogP contribution in [0, 0.1) is 0 Å². The van der Waals surface area contributed by atoms with Gasteiger partial charge in [-0.2, -0.15) is 0 Å². The number of hydrogen-bond acceptors (Lipinski definition) is 5. The Morgan fingerprint density at radius 1 is 0.345 bits per heavy atom. The lowest BCUT2D eigenvalue weighted by Crippen LogP contribution is -2.00. The van der Waals surface area contributed by atoms with E-state index in [1.807, 2.05) is 29.5 Å². The van der Waals surface area contributed by atoms with Crippen molar-refractivity contribution in [2.75, 3.05) is 0 Å².